The van der Waals surface area contributed by atoms with Crippen LogP contribution >= 0.6 is 0 Å². The molecule has 0 aliphatic carbocycles. The number of rotatable bonds is 13. The lowest BCUT2D eigenvalue weighted by Gasteiger charge is -2.22. The van der Waals surface area contributed by atoms with Gasteiger partial charge in [0.05, 0.1) is 14.2 Å². The Kier molecular flexibility index (Phi) is 10.5. The SMILES string of the molecule is CCCC(CC)CCc1cc(OC)c(O)c(OC)c1CC(CC)CCC. The van der Waals surface area contributed by atoms with Crippen molar-refractivity contribution >= 4 is 0 Å². The number of phenols is 1. The van der Waals surface area contributed by atoms with E-state index in [1.807, 2.05) is 6.07 Å². The van der Waals surface area contributed by atoms with Crippen molar-refractivity contribution in [1.29, 1.82) is 0 Å². The molecule has 0 spiro atoms. The lowest BCUT2D eigenvalue weighted by molar-refractivity contribution is 0.332. The van der Waals surface area contributed by atoms with Crippen LogP contribution in [0.2, 0.25) is 0 Å². The summed E-state index contributed by atoms with van der Waals surface area (Å²) in [6, 6.07) is 2.03. The molecule has 1 aromatic rings. The first-order valence-corrected chi connectivity index (χ1v) is 10.5. The van der Waals surface area contributed by atoms with Gasteiger partial charge in [-0.1, -0.05) is 66.2 Å². The Morgan fingerprint density at radius 2 is 1.50 bits per heavy atom. The predicted octanol–water partition coefficient (Wildman–Crippen LogP) is 6.54. The summed E-state index contributed by atoms with van der Waals surface area (Å²) in [6.07, 6.45) is 10.5. The van der Waals surface area contributed by atoms with Crippen LogP contribution in [0.15, 0.2) is 6.07 Å². The van der Waals surface area contributed by atoms with Crippen LogP contribution in [0.5, 0.6) is 17.2 Å². The Bertz CT molecular complexity index is 525. The van der Waals surface area contributed by atoms with Crippen molar-refractivity contribution in [2.45, 2.75) is 85.5 Å². The predicted molar refractivity (Wildman–Crippen MR) is 111 cm³/mol. The first kappa shape index (κ1) is 22.7. The van der Waals surface area contributed by atoms with E-state index in [0.717, 1.165) is 25.2 Å². The summed E-state index contributed by atoms with van der Waals surface area (Å²) in [7, 11) is 3.25. The van der Waals surface area contributed by atoms with Crippen LogP contribution in [0.1, 0.15) is 83.8 Å². The third-order valence-electron chi connectivity index (χ3n) is 5.70. The Balaban J connectivity index is 3.21. The molecule has 0 saturated heterocycles. The van der Waals surface area contributed by atoms with Gasteiger partial charge in [-0.3, -0.25) is 0 Å². The number of phenolic OH excluding ortho intramolecular Hbond substituents is 1. The smallest absolute Gasteiger partial charge is 0.201 e. The molecule has 1 aromatic carbocycles. The lowest BCUT2D eigenvalue weighted by atomic mass is 9.86. The van der Waals surface area contributed by atoms with Crippen molar-refractivity contribution in [3.05, 3.63) is 17.2 Å². The molecule has 1 rings (SSSR count). The maximum atomic E-state index is 10.6. The van der Waals surface area contributed by atoms with Gasteiger partial charge in [0.15, 0.2) is 11.5 Å². The average Bonchev–Trinajstić information content (AvgIpc) is 2.65. The zero-order valence-corrected chi connectivity index (χ0v) is 17.9. The van der Waals surface area contributed by atoms with E-state index in [4.69, 9.17) is 9.47 Å². The molecule has 0 fully saturated rings. The highest BCUT2D eigenvalue weighted by molar-refractivity contribution is 5.58. The Hall–Kier alpha value is -1.38. The summed E-state index contributed by atoms with van der Waals surface area (Å²) in [5.74, 6) is 2.65. The van der Waals surface area contributed by atoms with Gasteiger partial charge in [0, 0.05) is 5.56 Å². The molecule has 3 nitrogen and oxygen atoms in total. The van der Waals surface area contributed by atoms with Gasteiger partial charge in [-0.05, 0) is 42.7 Å². The zero-order valence-electron chi connectivity index (χ0n) is 17.9. The zero-order chi connectivity index (χ0) is 19.5. The topological polar surface area (TPSA) is 38.7 Å². The molecule has 0 heterocycles. The number of hydrogen-bond acceptors (Lipinski definition) is 3. The normalized spacial score (nSPS) is 13.5. The largest absolute Gasteiger partial charge is 0.502 e. The number of benzene rings is 1. The molecule has 0 aliphatic rings. The molecule has 150 valence electrons. The van der Waals surface area contributed by atoms with Crippen LogP contribution < -0.4 is 9.47 Å². The molecule has 0 aliphatic heterocycles. The molecule has 2 atom stereocenters. The van der Waals surface area contributed by atoms with Crippen LogP contribution in [0.3, 0.4) is 0 Å². The van der Waals surface area contributed by atoms with Gasteiger partial charge in [0.25, 0.3) is 0 Å². The molecule has 0 amide bonds. The molecular formula is C23H40O3. The first-order valence-electron chi connectivity index (χ1n) is 10.5. The van der Waals surface area contributed by atoms with Gasteiger partial charge in [-0.15, -0.1) is 0 Å². The summed E-state index contributed by atoms with van der Waals surface area (Å²) in [6.45, 7) is 9.04. The van der Waals surface area contributed by atoms with Crippen molar-refractivity contribution in [2.75, 3.05) is 14.2 Å². The van der Waals surface area contributed by atoms with Gasteiger partial charge in [-0.2, -0.15) is 0 Å². The molecular weight excluding hydrogens is 324 g/mol. The quantitative estimate of drug-likeness (QED) is 0.432. The molecule has 0 saturated carbocycles. The second-order valence-corrected chi connectivity index (χ2v) is 7.47. The van der Waals surface area contributed by atoms with E-state index >= 15 is 0 Å². The van der Waals surface area contributed by atoms with Gasteiger partial charge < -0.3 is 14.6 Å². The van der Waals surface area contributed by atoms with Crippen molar-refractivity contribution in [3.8, 4) is 17.2 Å². The fourth-order valence-electron chi connectivity index (χ4n) is 4.00. The number of aryl methyl sites for hydroxylation is 1. The van der Waals surface area contributed by atoms with Crippen LogP contribution in [0, 0.1) is 11.8 Å². The van der Waals surface area contributed by atoms with E-state index in [2.05, 4.69) is 27.7 Å². The average molecular weight is 365 g/mol. The van der Waals surface area contributed by atoms with Crippen LogP contribution in [0.4, 0.5) is 0 Å². The van der Waals surface area contributed by atoms with E-state index in [1.54, 1.807) is 14.2 Å². The first-order chi connectivity index (χ1) is 12.6. The summed E-state index contributed by atoms with van der Waals surface area (Å²) >= 11 is 0. The van der Waals surface area contributed by atoms with Crippen molar-refractivity contribution < 1.29 is 14.6 Å². The van der Waals surface area contributed by atoms with E-state index in [9.17, 15) is 5.11 Å². The van der Waals surface area contributed by atoms with Gasteiger partial charge >= 0.3 is 0 Å². The molecule has 1 N–H and O–H groups in total. The Morgan fingerprint density at radius 1 is 0.885 bits per heavy atom. The summed E-state index contributed by atoms with van der Waals surface area (Å²) in [4.78, 5) is 0. The van der Waals surface area contributed by atoms with E-state index in [0.29, 0.717) is 17.4 Å². The van der Waals surface area contributed by atoms with E-state index in [1.165, 1.54) is 49.7 Å². The molecule has 26 heavy (non-hydrogen) atoms. The Labute approximate surface area is 161 Å². The summed E-state index contributed by atoms with van der Waals surface area (Å²) in [5, 5.41) is 10.6. The second kappa shape index (κ2) is 12.1. The third kappa shape index (κ3) is 6.10. The highest BCUT2D eigenvalue weighted by atomic mass is 16.5. The van der Waals surface area contributed by atoms with Crippen LogP contribution in [0.25, 0.3) is 0 Å². The summed E-state index contributed by atoms with van der Waals surface area (Å²) in [5.41, 5.74) is 2.46. The van der Waals surface area contributed by atoms with Crippen LogP contribution in [-0.4, -0.2) is 19.3 Å². The second-order valence-electron chi connectivity index (χ2n) is 7.47. The van der Waals surface area contributed by atoms with Crippen molar-refractivity contribution in [1.82, 2.24) is 0 Å². The molecule has 3 heteroatoms. The minimum absolute atomic E-state index is 0.140. The van der Waals surface area contributed by atoms with Gasteiger partial charge in [-0.25, -0.2) is 0 Å². The highest BCUT2D eigenvalue weighted by Crippen LogP contribution is 2.43. The minimum atomic E-state index is 0.140. The molecule has 0 aromatic heterocycles. The molecule has 0 radical (unpaired) electrons. The maximum Gasteiger partial charge on any atom is 0.201 e. The fourth-order valence-corrected chi connectivity index (χ4v) is 4.00. The van der Waals surface area contributed by atoms with E-state index < -0.39 is 0 Å². The monoisotopic (exact) mass is 364 g/mol. The molecule has 0 bridgehead atoms. The fraction of sp³-hybridized carbons (Fsp3) is 0.739. The van der Waals surface area contributed by atoms with Crippen molar-refractivity contribution in [3.63, 3.8) is 0 Å². The number of hydrogen-bond donors (Lipinski definition) is 1. The Morgan fingerprint density at radius 3 is 2.00 bits per heavy atom. The molecule has 2 unspecified atom stereocenters. The highest BCUT2D eigenvalue weighted by Gasteiger charge is 2.22. The number of aromatic hydroxyl groups is 1. The summed E-state index contributed by atoms with van der Waals surface area (Å²) < 4.78 is 11.0. The van der Waals surface area contributed by atoms with E-state index in [-0.39, 0.29) is 5.75 Å². The van der Waals surface area contributed by atoms with Crippen molar-refractivity contribution in [2.24, 2.45) is 11.8 Å². The maximum absolute atomic E-state index is 10.6. The third-order valence-corrected chi connectivity index (χ3v) is 5.70. The van der Waals surface area contributed by atoms with Crippen LogP contribution in [-0.2, 0) is 12.8 Å². The van der Waals surface area contributed by atoms with Gasteiger partial charge in [0.1, 0.15) is 0 Å². The minimum Gasteiger partial charge on any atom is -0.502 e. The number of methoxy groups -OCH3 is 2. The lowest BCUT2D eigenvalue weighted by Crippen LogP contribution is -2.10. The van der Waals surface area contributed by atoms with Gasteiger partial charge in [0.2, 0.25) is 5.75 Å². The standard InChI is InChI=1S/C23H40O3/c1-7-11-17(9-3)13-14-19-16-21(25-5)22(24)23(26-6)20(19)15-18(10-4)12-8-2/h16-18,24H,7-15H2,1-6H3. The number of ether oxygens (including phenoxy) is 2.